The lowest BCUT2D eigenvalue weighted by Gasteiger charge is -2.19. The third-order valence-electron chi connectivity index (χ3n) is 5.42. The minimum Gasteiger partial charge on any atom is -0.454 e. The summed E-state index contributed by atoms with van der Waals surface area (Å²) in [6.45, 7) is 0.0417. The quantitative estimate of drug-likeness (QED) is 0.550. The summed E-state index contributed by atoms with van der Waals surface area (Å²) in [5.74, 6) is -2.03. The van der Waals surface area contributed by atoms with Gasteiger partial charge in [-0.25, -0.2) is 13.7 Å². The molecular formula is C20H12F2N6O5. The first kappa shape index (κ1) is 19.3. The summed E-state index contributed by atoms with van der Waals surface area (Å²) in [5.41, 5.74) is 0.545. The summed E-state index contributed by atoms with van der Waals surface area (Å²) < 4.78 is 42.8. The molecule has 11 nitrogen and oxygen atoms in total. The number of amides is 2. The SMILES string of the molecule is O=C1C2N=NN(Cc3nc(-c4ccc5c(c4)OCO5)no3)C2C(=O)N1c1ccc(F)c(F)c1. The Balaban J connectivity index is 1.22. The summed E-state index contributed by atoms with van der Waals surface area (Å²) in [6, 6.07) is 5.77. The van der Waals surface area contributed by atoms with Gasteiger partial charge in [0.2, 0.25) is 18.5 Å². The highest BCUT2D eigenvalue weighted by molar-refractivity contribution is 6.25. The van der Waals surface area contributed by atoms with Crippen LogP contribution in [-0.4, -0.2) is 45.8 Å². The minimum absolute atomic E-state index is 0.0867. The summed E-state index contributed by atoms with van der Waals surface area (Å²) >= 11 is 0. The van der Waals surface area contributed by atoms with Crippen LogP contribution in [0.25, 0.3) is 11.4 Å². The molecule has 0 aliphatic carbocycles. The van der Waals surface area contributed by atoms with Crippen molar-refractivity contribution in [2.24, 2.45) is 10.3 Å². The Morgan fingerprint density at radius 1 is 1.00 bits per heavy atom. The standard InChI is InChI=1S/C20H12F2N6O5/c21-11-3-2-10(6-12(11)22)28-19(29)16-17(20(28)30)27(26-24-16)7-15-23-18(25-33-15)9-1-4-13-14(5-9)32-8-31-13/h1-6,16-17H,7-8H2. The van der Waals surface area contributed by atoms with E-state index in [0.717, 1.165) is 23.1 Å². The van der Waals surface area contributed by atoms with Crippen molar-refractivity contribution in [3.05, 3.63) is 53.9 Å². The molecule has 0 radical (unpaired) electrons. The van der Waals surface area contributed by atoms with Gasteiger partial charge in [0.25, 0.3) is 11.8 Å². The third kappa shape index (κ3) is 3.00. The van der Waals surface area contributed by atoms with Gasteiger partial charge in [-0.1, -0.05) is 10.4 Å². The molecule has 1 fully saturated rings. The highest BCUT2D eigenvalue weighted by atomic mass is 19.2. The molecule has 3 aliphatic rings. The van der Waals surface area contributed by atoms with Crippen molar-refractivity contribution < 1.29 is 32.4 Å². The van der Waals surface area contributed by atoms with Gasteiger partial charge in [0.05, 0.1) is 5.69 Å². The maximum absolute atomic E-state index is 13.6. The number of hydrogen-bond acceptors (Lipinski definition) is 10. The molecule has 2 atom stereocenters. The molecule has 166 valence electrons. The zero-order valence-electron chi connectivity index (χ0n) is 16.5. The maximum Gasteiger partial charge on any atom is 0.263 e. The first-order valence-electron chi connectivity index (χ1n) is 9.72. The fraction of sp³-hybridized carbons (Fsp3) is 0.200. The van der Waals surface area contributed by atoms with Crippen LogP contribution in [0.3, 0.4) is 0 Å². The number of carbonyl (C=O) groups excluding carboxylic acids is 2. The number of aromatic nitrogens is 2. The van der Waals surface area contributed by atoms with E-state index in [0.29, 0.717) is 17.1 Å². The summed E-state index contributed by atoms with van der Waals surface area (Å²) in [6.07, 6.45) is 0. The van der Waals surface area contributed by atoms with E-state index in [1.54, 1.807) is 18.2 Å². The van der Waals surface area contributed by atoms with Crippen LogP contribution >= 0.6 is 0 Å². The van der Waals surface area contributed by atoms with Crippen LogP contribution in [0.15, 0.2) is 51.3 Å². The van der Waals surface area contributed by atoms with Gasteiger partial charge in [0.1, 0.15) is 6.54 Å². The largest absolute Gasteiger partial charge is 0.454 e. The van der Waals surface area contributed by atoms with Gasteiger partial charge < -0.3 is 14.0 Å². The van der Waals surface area contributed by atoms with Crippen LogP contribution in [0.4, 0.5) is 14.5 Å². The lowest BCUT2D eigenvalue weighted by atomic mass is 10.1. The number of benzene rings is 2. The number of halogens is 2. The van der Waals surface area contributed by atoms with Crippen molar-refractivity contribution in [2.75, 3.05) is 11.7 Å². The fourth-order valence-electron chi connectivity index (χ4n) is 3.84. The van der Waals surface area contributed by atoms with Crippen LogP contribution in [0.5, 0.6) is 11.5 Å². The molecular weight excluding hydrogens is 442 g/mol. The molecule has 2 aromatic carbocycles. The summed E-state index contributed by atoms with van der Waals surface area (Å²) in [7, 11) is 0. The number of imide groups is 1. The van der Waals surface area contributed by atoms with Crippen LogP contribution < -0.4 is 14.4 Å². The Kier molecular flexibility index (Phi) is 4.12. The molecule has 0 bridgehead atoms. The molecule has 13 heteroatoms. The van der Waals surface area contributed by atoms with Gasteiger partial charge in [0.15, 0.2) is 35.2 Å². The minimum atomic E-state index is -1.18. The van der Waals surface area contributed by atoms with Gasteiger partial charge in [-0.3, -0.25) is 14.6 Å². The number of carbonyl (C=O) groups is 2. The molecule has 2 unspecified atom stereocenters. The van der Waals surface area contributed by atoms with E-state index in [1.807, 2.05) is 0 Å². The van der Waals surface area contributed by atoms with Gasteiger partial charge in [0, 0.05) is 11.6 Å². The van der Waals surface area contributed by atoms with Gasteiger partial charge in [-0.05, 0) is 30.3 Å². The monoisotopic (exact) mass is 454 g/mol. The zero-order valence-corrected chi connectivity index (χ0v) is 16.5. The van der Waals surface area contributed by atoms with E-state index in [9.17, 15) is 18.4 Å². The third-order valence-corrected chi connectivity index (χ3v) is 5.42. The topological polar surface area (TPSA) is 123 Å². The predicted molar refractivity (Wildman–Crippen MR) is 103 cm³/mol. The van der Waals surface area contributed by atoms with Gasteiger partial charge in [-0.15, -0.1) is 0 Å². The molecule has 2 amide bonds. The molecule has 1 aromatic heterocycles. The normalized spacial score (nSPS) is 20.8. The fourth-order valence-corrected chi connectivity index (χ4v) is 3.84. The molecule has 0 N–H and O–H groups in total. The predicted octanol–water partition coefficient (Wildman–Crippen LogP) is 2.24. The number of rotatable bonds is 4. The first-order valence-corrected chi connectivity index (χ1v) is 9.72. The van der Waals surface area contributed by atoms with Crippen LogP contribution in [0, 0.1) is 11.6 Å². The number of anilines is 1. The van der Waals surface area contributed by atoms with Crippen LogP contribution in [0.1, 0.15) is 5.89 Å². The molecule has 33 heavy (non-hydrogen) atoms. The molecule has 1 saturated heterocycles. The molecule has 3 aliphatic heterocycles. The molecule has 0 saturated carbocycles. The van der Waals surface area contributed by atoms with Crippen LogP contribution in [-0.2, 0) is 16.1 Å². The van der Waals surface area contributed by atoms with Gasteiger partial charge in [-0.2, -0.15) is 10.1 Å². The first-order chi connectivity index (χ1) is 16.0. The smallest absolute Gasteiger partial charge is 0.263 e. The van der Waals surface area contributed by atoms with Crippen molar-refractivity contribution in [3.8, 4) is 22.9 Å². The van der Waals surface area contributed by atoms with Crippen LogP contribution in [0.2, 0.25) is 0 Å². The van der Waals surface area contributed by atoms with Crippen molar-refractivity contribution in [2.45, 2.75) is 18.6 Å². The molecule has 6 rings (SSSR count). The van der Waals surface area contributed by atoms with Crippen molar-refractivity contribution in [1.29, 1.82) is 0 Å². The number of hydrogen-bond donors (Lipinski definition) is 0. The Bertz CT molecular complexity index is 1340. The lowest BCUT2D eigenvalue weighted by molar-refractivity contribution is -0.123. The number of fused-ring (bicyclic) bond motifs is 2. The Hall–Kier alpha value is -4.42. The maximum atomic E-state index is 13.6. The van der Waals surface area contributed by atoms with E-state index in [2.05, 4.69) is 20.5 Å². The highest BCUT2D eigenvalue weighted by Crippen LogP contribution is 2.36. The molecule has 4 heterocycles. The average Bonchev–Trinajstić information content (AvgIpc) is 3.57. The van der Waals surface area contributed by atoms with E-state index >= 15 is 0 Å². The average molecular weight is 454 g/mol. The van der Waals surface area contributed by atoms with Crippen molar-refractivity contribution in [1.82, 2.24) is 15.1 Å². The lowest BCUT2D eigenvalue weighted by Crippen LogP contribution is -2.39. The second kappa shape index (κ2) is 7.05. The van der Waals surface area contributed by atoms with Gasteiger partial charge >= 0.3 is 0 Å². The van der Waals surface area contributed by atoms with E-state index in [1.165, 1.54) is 5.01 Å². The Labute approximate surface area is 183 Å². The second-order valence-electron chi connectivity index (χ2n) is 7.38. The van der Waals surface area contributed by atoms with Crippen molar-refractivity contribution >= 4 is 17.5 Å². The summed E-state index contributed by atoms with van der Waals surface area (Å²) in [5, 5.41) is 13.0. The van der Waals surface area contributed by atoms with E-state index in [-0.39, 0.29) is 30.7 Å². The number of nitrogens with zero attached hydrogens (tertiary/aromatic N) is 6. The van der Waals surface area contributed by atoms with Crippen molar-refractivity contribution in [3.63, 3.8) is 0 Å². The second-order valence-corrected chi connectivity index (χ2v) is 7.38. The number of ether oxygens (including phenoxy) is 2. The summed E-state index contributed by atoms with van der Waals surface area (Å²) in [4.78, 5) is 30.8. The molecule has 0 spiro atoms. The highest BCUT2D eigenvalue weighted by Gasteiger charge is 2.55. The Morgan fingerprint density at radius 3 is 2.70 bits per heavy atom. The Morgan fingerprint density at radius 2 is 1.85 bits per heavy atom. The zero-order chi connectivity index (χ0) is 22.7. The molecule has 3 aromatic rings. The van der Waals surface area contributed by atoms with E-state index < -0.39 is 35.5 Å². The van der Waals surface area contributed by atoms with E-state index in [4.69, 9.17) is 14.0 Å².